The molecule has 0 aliphatic heterocycles. The number of Topliss-reactive ketones (excluding diaryl/α,β-unsaturated/α-hetero) is 1. The average Bonchev–Trinajstić information content (AvgIpc) is 3.50. The lowest BCUT2D eigenvalue weighted by Crippen LogP contribution is -2.51. The van der Waals surface area contributed by atoms with E-state index in [0.29, 0.717) is 54.2 Å². The molecule has 3 rings (SSSR count). The van der Waals surface area contributed by atoms with Gasteiger partial charge in [-0.2, -0.15) is 0 Å². The molecule has 3 N–H and O–H groups in total. The van der Waals surface area contributed by atoms with Crippen molar-refractivity contribution in [1.82, 2.24) is 16.0 Å². The number of ether oxygens (including phenoxy) is 1. The van der Waals surface area contributed by atoms with Gasteiger partial charge in [-0.05, 0) is 79.4 Å². The summed E-state index contributed by atoms with van der Waals surface area (Å²) in [5.41, 5.74) is 1.33. The van der Waals surface area contributed by atoms with Crippen molar-refractivity contribution < 1.29 is 14.3 Å². The molecule has 0 saturated heterocycles. The lowest BCUT2D eigenvalue weighted by atomic mass is 9.81. The van der Waals surface area contributed by atoms with Crippen molar-refractivity contribution in [2.75, 3.05) is 13.2 Å². The predicted octanol–water partition coefficient (Wildman–Crippen LogP) is 8.14. The molecule has 0 aromatic heterocycles. The minimum Gasteiger partial charge on any atom is -0.447 e. The molecule has 3 fully saturated rings. The van der Waals surface area contributed by atoms with Crippen LogP contribution in [0.4, 0.5) is 4.79 Å². The molecule has 0 heterocycles. The van der Waals surface area contributed by atoms with Crippen molar-refractivity contribution in [3.63, 3.8) is 0 Å². The van der Waals surface area contributed by atoms with Crippen LogP contribution in [0, 0.1) is 40.4 Å². The van der Waals surface area contributed by atoms with Gasteiger partial charge in [0.15, 0.2) is 5.78 Å². The van der Waals surface area contributed by atoms with Gasteiger partial charge in [0, 0.05) is 13.0 Å². The summed E-state index contributed by atoms with van der Waals surface area (Å²) in [5, 5.41) is 10.0. The van der Waals surface area contributed by atoms with E-state index in [1.165, 1.54) is 56.9 Å². The number of hydrogen-bond donors (Lipinski definition) is 3. The van der Waals surface area contributed by atoms with Gasteiger partial charge in [0.2, 0.25) is 0 Å². The summed E-state index contributed by atoms with van der Waals surface area (Å²) in [4.78, 5) is 26.3. The molecule has 5 atom stereocenters. The van der Waals surface area contributed by atoms with Gasteiger partial charge >= 0.3 is 6.09 Å². The molecule has 0 aromatic rings. The van der Waals surface area contributed by atoms with Crippen LogP contribution in [0.3, 0.4) is 0 Å². The van der Waals surface area contributed by atoms with Crippen LogP contribution >= 0.6 is 0 Å². The first kappa shape index (κ1) is 34.5. The van der Waals surface area contributed by atoms with E-state index < -0.39 is 0 Å². The second-order valence-electron chi connectivity index (χ2n) is 15.6. The number of carbonyl (C=O) groups is 2. The van der Waals surface area contributed by atoms with Crippen molar-refractivity contribution in [2.24, 2.45) is 40.4 Å². The van der Waals surface area contributed by atoms with Gasteiger partial charge < -0.3 is 20.7 Å². The van der Waals surface area contributed by atoms with Gasteiger partial charge in [-0.1, -0.05) is 98.8 Å². The van der Waals surface area contributed by atoms with E-state index in [1.54, 1.807) is 0 Å². The van der Waals surface area contributed by atoms with Crippen LogP contribution < -0.4 is 16.0 Å². The normalized spacial score (nSPS) is 25.0. The average molecular weight is 586 g/mol. The van der Waals surface area contributed by atoms with Crippen LogP contribution in [0.1, 0.15) is 126 Å². The van der Waals surface area contributed by atoms with E-state index in [0.717, 1.165) is 19.3 Å². The lowest BCUT2D eigenvalue weighted by molar-refractivity contribution is -0.122. The Morgan fingerprint density at radius 3 is 2.12 bits per heavy atom. The van der Waals surface area contributed by atoms with E-state index >= 15 is 0 Å². The number of carbonyl (C=O) groups excluding carboxylic acids is 2. The number of hydrogen-bond acceptors (Lipinski definition) is 5. The fraction of sp³-hybridized carbons (Fsp3) is 0.833. The Balaban J connectivity index is 1.56. The maximum Gasteiger partial charge on any atom is 0.407 e. The second-order valence-corrected chi connectivity index (χ2v) is 15.6. The minimum atomic E-state index is -0.354. The maximum atomic E-state index is 13.8. The van der Waals surface area contributed by atoms with E-state index in [4.69, 9.17) is 4.74 Å². The fourth-order valence-electron chi connectivity index (χ4n) is 7.80. The summed E-state index contributed by atoms with van der Waals surface area (Å²) < 4.78 is 5.67. The molecule has 0 radical (unpaired) electrons. The zero-order chi connectivity index (χ0) is 31.1. The van der Waals surface area contributed by atoms with Crippen molar-refractivity contribution in [2.45, 2.75) is 138 Å². The number of amides is 1. The summed E-state index contributed by atoms with van der Waals surface area (Å²) in [6.07, 6.45) is 13.1. The van der Waals surface area contributed by atoms with Crippen LogP contribution in [-0.4, -0.2) is 37.1 Å². The van der Waals surface area contributed by atoms with Crippen molar-refractivity contribution >= 4 is 11.9 Å². The van der Waals surface area contributed by atoms with Crippen LogP contribution in [0.15, 0.2) is 24.6 Å². The number of nitrogens with one attached hydrogen (secondary N) is 3. The molecule has 42 heavy (non-hydrogen) atoms. The van der Waals surface area contributed by atoms with Crippen LogP contribution in [-0.2, 0) is 9.53 Å². The highest BCUT2D eigenvalue weighted by Crippen LogP contribution is 2.64. The molecule has 240 valence electrons. The zero-order valence-electron chi connectivity index (χ0n) is 28.1. The third-order valence-corrected chi connectivity index (χ3v) is 11.0. The van der Waals surface area contributed by atoms with Gasteiger partial charge in [0.05, 0.1) is 17.9 Å². The number of allylic oxidation sites excluding steroid dienone is 1. The first-order valence-corrected chi connectivity index (χ1v) is 17.0. The van der Waals surface area contributed by atoms with Gasteiger partial charge in [0.1, 0.15) is 6.61 Å². The van der Waals surface area contributed by atoms with Crippen molar-refractivity contribution in [1.29, 1.82) is 0 Å². The third kappa shape index (κ3) is 9.77. The summed E-state index contributed by atoms with van der Waals surface area (Å²) in [6, 6.07) is -0.374. The summed E-state index contributed by atoms with van der Waals surface area (Å²) >= 11 is 0. The third-order valence-electron chi connectivity index (χ3n) is 11.0. The molecule has 3 saturated carbocycles. The second kappa shape index (κ2) is 15.1. The van der Waals surface area contributed by atoms with Gasteiger partial charge in [-0.25, -0.2) is 4.79 Å². The van der Waals surface area contributed by atoms with E-state index in [-0.39, 0.29) is 35.6 Å². The SMILES string of the molecule is C=C(NC(C(=O)CC[C@H]1[C@@H](C(C)C(=C)C)C1(C)C)C1CCCCC1)NC(COC(=O)NCC1CCCCC1)C(C)(C)C. The fourth-order valence-corrected chi connectivity index (χ4v) is 7.80. The Labute approximate surface area is 257 Å². The first-order valence-electron chi connectivity index (χ1n) is 17.0. The molecule has 3 aliphatic carbocycles. The minimum absolute atomic E-state index is 0.142. The van der Waals surface area contributed by atoms with Crippen LogP contribution in [0.5, 0.6) is 0 Å². The van der Waals surface area contributed by atoms with E-state index in [1.807, 2.05) is 0 Å². The molecule has 3 unspecified atom stereocenters. The quantitative estimate of drug-likeness (QED) is 0.169. The number of rotatable bonds is 15. The van der Waals surface area contributed by atoms with Crippen molar-refractivity contribution in [3.05, 3.63) is 24.6 Å². The summed E-state index contributed by atoms with van der Waals surface area (Å²) in [7, 11) is 0. The Kier molecular flexibility index (Phi) is 12.4. The topological polar surface area (TPSA) is 79.5 Å². The van der Waals surface area contributed by atoms with Crippen molar-refractivity contribution in [3.8, 4) is 0 Å². The Hall–Kier alpha value is -1.98. The number of ketones is 1. The lowest BCUT2D eigenvalue weighted by Gasteiger charge is -2.36. The molecule has 3 aliphatic rings. The molecule has 6 nitrogen and oxygen atoms in total. The van der Waals surface area contributed by atoms with Crippen LogP contribution in [0.25, 0.3) is 0 Å². The highest BCUT2D eigenvalue weighted by atomic mass is 16.5. The smallest absolute Gasteiger partial charge is 0.407 e. The first-order chi connectivity index (χ1) is 19.7. The molecule has 0 aromatic carbocycles. The standard InChI is InChI=1S/C36H63N3O3/c1-24(2)25(3)32-29(36(32,8)9)20-21-30(40)33(28-18-14-11-15-19-28)39-26(4)38-31(35(5,6)7)23-42-34(41)37-22-27-16-12-10-13-17-27/h25,27-29,31-33,38-39H,1,4,10-23H2,2-3,5-9H3,(H,37,41)/t25?,29-,31?,32+,33?/m0/s1. The monoisotopic (exact) mass is 585 g/mol. The summed E-state index contributed by atoms with van der Waals surface area (Å²) in [5.74, 6) is 3.50. The molecule has 6 heteroatoms. The van der Waals surface area contributed by atoms with Crippen LogP contribution in [0.2, 0.25) is 0 Å². The molecule has 0 spiro atoms. The Bertz CT molecular complexity index is 924. The van der Waals surface area contributed by atoms with Gasteiger partial charge in [-0.3, -0.25) is 4.79 Å². The Morgan fingerprint density at radius 2 is 1.55 bits per heavy atom. The number of alkyl carbamates (subject to hydrolysis) is 1. The van der Waals surface area contributed by atoms with E-state index in [2.05, 4.69) is 77.6 Å². The largest absolute Gasteiger partial charge is 0.447 e. The maximum absolute atomic E-state index is 13.8. The molecular formula is C36H63N3O3. The zero-order valence-corrected chi connectivity index (χ0v) is 28.1. The molecular weight excluding hydrogens is 522 g/mol. The summed E-state index contributed by atoms with van der Waals surface area (Å²) in [6.45, 7) is 24.9. The highest BCUT2D eigenvalue weighted by Gasteiger charge is 2.59. The predicted molar refractivity (Wildman–Crippen MR) is 174 cm³/mol. The molecule has 0 bridgehead atoms. The highest BCUT2D eigenvalue weighted by molar-refractivity contribution is 5.84. The van der Waals surface area contributed by atoms with Gasteiger partial charge in [0.25, 0.3) is 0 Å². The Morgan fingerprint density at radius 1 is 0.952 bits per heavy atom. The van der Waals surface area contributed by atoms with Gasteiger partial charge in [-0.15, -0.1) is 0 Å². The van der Waals surface area contributed by atoms with E-state index in [9.17, 15) is 9.59 Å². The molecule has 1 amide bonds.